The van der Waals surface area contributed by atoms with Crippen LogP contribution in [0.2, 0.25) is 0 Å². The van der Waals surface area contributed by atoms with E-state index in [-0.39, 0.29) is 51.0 Å². The van der Waals surface area contributed by atoms with E-state index in [4.69, 9.17) is 0 Å². The van der Waals surface area contributed by atoms with Gasteiger partial charge in [-0.25, -0.2) is 0 Å². The molecule has 4 aliphatic rings. The molecule has 0 spiro atoms. The monoisotopic (exact) mass is 556 g/mol. The van der Waals surface area contributed by atoms with Crippen molar-refractivity contribution in [2.24, 2.45) is 0 Å². The zero-order valence-corrected chi connectivity index (χ0v) is 24.0. The van der Waals surface area contributed by atoms with Gasteiger partial charge in [-0.05, 0) is 104 Å². The van der Waals surface area contributed by atoms with Crippen molar-refractivity contribution < 1.29 is 25.1 Å². The molecule has 2 unspecified atom stereocenters. The van der Waals surface area contributed by atoms with Crippen molar-refractivity contribution in [3.8, 4) is 0 Å². The van der Waals surface area contributed by atoms with Crippen LogP contribution in [0.5, 0.6) is 0 Å². The van der Waals surface area contributed by atoms with Crippen molar-refractivity contribution in [1.29, 1.82) is 0 Å². The van der Waals surface area contributed by atoms with Gasteiger partial charge in [-0.2, -0.15) is 0 Å². The Morgan fingerprint density at radius 1 is 0.825 bits per heavy atom. The third kappa shape index (κ3) is 8.26. The molecular weight excluding hydrogens is 502 g/mol. The Morgan fingerprint density at radius 2 is 1.27 bits per heavy atom. The van der Waals surface area contributed by atoms with E-state index in [1.54, 1.807) is 40.3 Å². The summed E-state index contributed by atoms with van der Waals surface area (Å²) >= 11 is 0. The van der Waals surface area contributed by atoms with Crippen LogP contribution < -0.4 is 29.5 Å². The van der Waals surface area contributed by atoms with Crippen LogP contribution in [0.3, 0.4) is 0 Å². The maximum atomic E-state index is 10.9. The van der Waals surface area contributed by atoms with Crippen LogP contribution in [0, 0.1) is 0 Å². The third-order valence-corrected chi connectivity index (χ3v) is 8.88. The van der Waals surface area contributed by atoms with Gasteiger partial charge in [-0.1, -0.05) is 50.7 Å². The van der Waals surface area contributed by atoms with Crippen molar-refractivity contribution in [3.05, 3.63) is 69.8 Å². The van der Waals surface area contributed by atoms with Gasteiger partial charge in [0.25, 0.3) is 0 Å². The van der Waals surface area contributed by atoms with Gasteiger partial charge < -0.3 is 12.1 Å². The number of hydrogen-bond donors (Lipinski definition) is 2. The number of aryl methyl sites for hydroxylation is 2. The summed E-state index contributed by atoms with van der Waals surface area (Å²) in [6.07, 6.45) is 9.89. The van der Waals surface area contributed by atoms with E-state index in [0.29, 0.717) is 6.04 Å². The number of hydrogen-bond acceptors (Lipinski definition) is 4. The second-order valence-electron chi connectivity index (χ2n) is 11.2. The molecule has 0 bridgehead atoms. The summed E-state index contributed by atoms with van der Waals surface area (Å²) in [6.45, 7) is 11.6. The van der Waals surface area contributed by atoms with Gasteiger partial charge in [0, 0.05) is 45.2 Å². The first-order valence-corrected chi connectivity index (χ1v) is 14.8. The van der Waals surface area contributed by atoms with Crippen molar-refractivity contribution >= 4 is 23.3 Å². The Morgan fingerprint density at radius 3 is 1.73 bits per heavy atom. The molecule has 1 amide bonds. The quantitative estimate of drug-likeness (QED) is 0.360. The summed E-state index contributed by atoms with van der Waals surface area (Å²) < 4.78 is 0. The molecule has 6 rings (SSSR count). The fourth-order valence-corrected chi connectivity index (χ4v) is 7.17. The first-order valence-electron chi connectivity index (χ1n) is 14.8. The molecule has 2 aromatic carbocycles. The number of rotatable bonds is 9. The van der Waals surface area contributed by atoms with E-state index in [1.807, 2.05) is 0 Å². The van der Waals surface area contributed by atoms with Crippen molar-refractivity contribution in [2.75, 3.05) is 45.8 Å². The topological polar surface area (TPSA) is 47.6 Å². The first kappa shape index (κ1) is 35.1. The molecule has 7 heteroatoms. The molecule has 2 aliphatic heterocycles. The first-order chi connectivity index (χ1) is 18.2. The molecule has 216 valence electrons. The molecule has 2 aliphatic carbocycles. The fraction of sp³-hybridized carbons (Fsp3) is 0.606. The number of carbonyl (C=O) groups excluding carboxylic acids is 1. The SMILES string of the molecule is C.CC(=O)NCCCN1CCc2cccc3c2C1CC3.CCNCCCN1CCc2cccc3c2C1CC3.[AlH3].[H-].[Li+]. The zero-order valence-electron chi connectivity index (χ0n) is 25.0. The summed E-state index contributed by atoms with van der Waals surface area (Å²) in [6, 6.07) is 15.1. The molecule has 0 aromatic heterocycles. The smallest absolute Gasteiger partial charge is 1.00 e. The number of nitrogens with zero attached hydrogens (tertiary/aromatic N) is 2. The number of carbonyl (C=O) groups is 1. The maximum Gasteiger partial charge on any atom is 1.00 e. The summed E-state index contributed by atoms with van der Waals surface area (Å²) in [4.78, 5) is 16.2. The minimum absolute atomic E-state index is 0. The second kappa shape index (κ2) is 17.1. The zero-order chi connectivity index (χ0) is 25.6. The van der Waals surface area contributed by atoms with Crippen LogP contribution in [-0.4, -0.2) is 78.9 Å². The Balaban J connectivity index is 0.000000374. The molecule has 0 saturated heterocycles. The minimum Gasteiger partial charge on any atom is -1.00 e. The van der Waals surface area contributed by atoms with Crippen molar-refractivity contribution in [3.63, 3.8) is 0 Å². The molecule has 2 aromatic rings. The normalized spacial score (nSPS) is 20.1. The Labute approximate surface area is 268 Å². The molecule has 2 N–H and O–H groups in total. The number of nitrogens with one attached hydrogen (secondary N) is 2. The van der Waals surface area contributed by atoms with E-state index in [0.717, 1.165) is 38.6 Å². The van der Waals surface area contributed by atoms with Gasteiger partial charge in [0.1, 0.15) is 0 Å². The van der Waals surface area contributed by atoms with Crippen molar-refractivity contribution in [1.82, 2.24) is 20.4 Å². The van der Waals surface area contributed by atoms with Crippen molar-refractivity contribution in [2.45, 2.75) is 84.7 Å². The average Bonchev–Trinajstić information content (AvgIpc) is 3.55. The Kier molecular flexibility index (Phi) is 15.0. The summed E-state index contributed by atoms with van der Waals surface area (Å²) in [5.74, 6) is 0.0761. The molecule has 0 radical (unpaired) electrons. The molecule has 0 fully saturated rings. The summed E-state index contributed by atoms with van der Waals surface area (Å²) in [5, 5.41) is 6.31. The van der Waals surface area contributed by atoms with Crippen LogP contribution in [0.4, 0.5) is 0 Å². The molecule has 40 heavy (non-hydrogen) atoms. The predicted octanol–water partition coefficient (Wildman–Crippen LogP) is 1.16. The largest absolute Gasteiger partial charge is 1.00 e. The summed E-state index contributed by atoms with van der Waals surface area (Å²) in [7, 11) is 0. The van der Waals surface area contributed by atoms with Gasteiger partial charge in [0.15, 0.2) is 17.4 Å². The number of amides is 1. The van der Waals surface area contributed by atoms with Gasteiger partial charge in [0.2, 0.25) is 5.91 Å². The van der Waals surface area contributed by atoms with Gasteiger partial charge in [-0.15, -0.1) is 0 Å². The standard InChI is InChI=1S/C16H22N2O.C16H24N2.CH4.Al.Li.4H/c1-12(19)17-9-3-10-18-11-8-14-5-2-4-13-6-7-15(18)16(13)14;1-2-17-10-4-11-18-12-9-14-6-3-5-13-7-8-15(18)16(13)14;;;;;;;/h2,4-5,15H,3,6-11H2,1H3,(H,17,19);3,5-6,15,17H,2,4,7-12H2,1H3;1H4;;;;;;/q;;;;+1;;;;-1. The predicted molar refractivity (Wildman–Crippen MR) is 170 cm³/mol. The van der Waals surface area contributed by atoms with Crippen LogP contribution >= 0.6 is 0 Å². The molecule has 5 nitrogen and oxygen atoms in total. The minimum atomic E-state index is 0. The third-order valence-electron chi connectivity index (χ3n) is 8.88. The van der Waals surface area contributed by atoms with Gasteiger partial charge >= 0.3 is 18.9 Å². The van der Waals surface area contributed by atoms with Crippen LogP contribution in [0.1, 0.15) is 93.8 Å². The molecule has 0 saturated carbocycles. The van der Waals surface area contributed by atoms with Crippen LogP contribution in [0.25, 0.3) is 0 Å². The van der Waals surface area contributed by atoms with Crippen LogP contribution in [0.15, 0.2) is 36.4 Å². The average molecular weight is 557 g/mol. The van der Waals surface area contributed by atoms with Gasteiger partial charge in [-0.3, -0.25) is 14.6 Å². The summed E-state index contributed by atoms with van der Waals surface area (Å²) in [5.41, 5.74) is 9.68. The van der Waals surface area contributed by atoms with E-state index in [9.17, 15) is 4.79 Å². The van der Waals surface area contributed by atoms with E-state index < -0.39 is 0 Å². The fourth-order valence-electron chi connectivity index (χ4n) is 7.17. The molecular formula is C33H54AlLiN4O. The van der Waals surface area contributed by atoms with E-state index in [1.165, 1.54) is 64.6 Å². The van der Waals surface area contributed by atoms with Crippen LogP contribution in [-0.2, 0) is 30.5 Å². The Hall–Kier alpha value is -1.08. The second-order valence-corrected chi connectivity index (χ2v) is 11.2. The molecule has 2 atom stereocenters. The van der Waals surface area contributed by atoms with Gasteiger partial charge in [0.05, 0.1) is 0 Å². The number of benzene rings is 2. The maximum absolute atomic E-state index is 10.9. The molecule has 2 heterocycles. The van der Waals surface area contributed by atoms with E-state index >= 15 is 0 Å². The Bertz CT molecular complexity index is 1090. The van der Waals surface area contributed by atoms with E-state index in [2.05, 4.69) is 63.8 Å².